The highest BCUT2D eigenvalue weighted by atomic mass is 32.2. The van der Waals surface area contributed by atoms with Crippen LogP contribution >= 0.6 is 23.1 Å². The molecule has 0 aliphatic heterocycles. The number of thiazole rings is 1. The van der Waals surface area contributed by atoms with Gasteiger partial charge in [0.15, 0.2) is 5.13 Å². The number of thioether (sulfide) groups is 1. The molecule has 0 spiro atoms. The van der Waals surface area contributed by atoms with Crippen molar-refractivity contribution in [3.63, 3.8) is 0 Å². The number of nitrogens with zero attached hydrogens (tertiary/aromatic N) is 2. The molecule has 2 aromatic heterocycles. The molecular formula is C20H23N5O3S2. The molecule has 4 N–H and O–H groups in total. The fourth-order valence-corrected chi connectivity index (χ4v) is 4.10. The topological polar surface area (TPSA) is 123 Å². The minimum absolute atomic E-state index is 0.0869. The smallest absolute Gasteiger partial charge is 0.235 e. The van der Waals surface area contributed by atoms with Crippen LogP contribution in [0, 0.1) is 0 Å². The van der Waals surface area contributed by atoms with Gasteiger partial charge in [0, 0.05) is 5.41 Å². The van der Waals surface area contributed by atoms with E-state index in [2.05, 4.69) is 41.4 Å². The van der Waals surface area contributed by atoms with Crippen molar-refractivity contribution in [2.45, 2.75) is 42.6 Å². The Balaban J connectivity index is 1.47. The van der Waals surface area contributed by atoms with Gasteiger partial charge in [0.05, 0.1) is 33.7 Å². The number of anilines is 3. The lowest BCUT2D eigenvalue weighted by molar-refractivity contribution is -0.123. The summed E-state index contributed by atoms with van der Waals surface area (Å²) in [5, 5.41) is 5.69. The number of carbonyl (C=O) groups is 2. The largest absolute Gasteiger partial charge is 0.444 e. The molecule has 3 rings (SSSR count). The Labute approximate surface area is 182 Å². The molecule has 0 aliphatic carbocycles. The van der Waals surface area contributed by atoms with Gasteiger partial charge in [-0.05, 0) is 12.1 Å². The van der Waals surface area contributed by atoms with Crippen LogP contribution in [-0.4, -0.2) is 21.8 Å². The monoisotopic (exact) mass is 445 g/mol. The lowest BCUT2D eigenvalue weighted by Crippen LogP contribution is -2.21. The van der Waals surface area contributed by atoms with Gasteiger partial charge in [-0.1, -0.05) is 44.2 Å². The van der Waals surface area contributed by atoms with Crippen LogP contribution in [0.3, 0.4) is 0 Å². The molecule has 0 radical (unpaired) electrons. The highest BCUT2D eigenvalue weighted by Gasteiger charge is 2.19. The van der Waals surface area contributed by atoms with Crippen LogP contribution in [0.25, 0.3) is 0 Å². The summed E-state index contributed by atoms with van der Waals surface area (Å²) in [6.07, 6.45) is 3.09. The molecule has 1 aromatic carbocycles. The predicted octanol–water partition coefficient (Wildman–Crippen LogP) is 4.27. The van der Waals surface area contributed by atoms with Crippen LogP contribution in [0.2, 0.25) is 0 Å². The number of aromatic nitrogens is 2. The Morgan fingerprint density at radius 1 is 1.13 bits per heavy atom. The Hall–Kier alpha value is -2.85. The summed E-state index contributed by atoms with van der Waals surface area (Å²) in [7, 11) is 0. The molecule has 158 valence electrons. The predicted molar refractivity (Wildman–Crippen MR) is 120 cm³/mol. The van der Waals surface area contributed by atoms with Gasteiger partial charge >= 0.3 is 0 Å². The molecule has 8 nitrogen and oxygen atoms in total. The molecule has 2 amide bonds. The zero-order valence-corrected chi connectivity index (χ0v) is 18.5. The van der Waals surface area contributed by atoms with E-state index in [1.54, 1.807) is 36.7 Å². The van der Waals surface area contributed by atoms with Gasteiger partial charge in [0.1, 0.15) is 12.2 Å². The lowest BCUT2D eigenvalue weighted by atomic mass is 9.94. The Morgan fingerprint density at radius 3 is 2.57 bits per heavy atom. The summed E-state index contributed by atoms with van der Waals surface area (Å²) < 4.78 is 6.68. The van der Waals surface area contributed by atoms with Gasteiger partial charge in [-0.15, -0.1) is 11.8 Å². The average Bonchev–Trinajstić information content (AvgIpc) is 3.31. The van der Waals surface area contributed by atoms with Gasteiger partial charge in [-0.25, -0.2) is 9.97 Å². The number of nitrogens with two attached hydrogens (primary N) is 1. The van der Waals surface area contributed by atoms with Gasteiger partial charge < -0.3 is 20.8 Å². The second-order valence-electron chi connectivity index (χ2n) is 7.50. The minimum Gasteiger partial charge on any atom is -0.444 e. The fourth-order valence-electron chi connectivity index (χ4n) is 2.35. The Kier molecular flexibility index (Phi) is 6.78. The van der Waals surface area contributed by atoms with E-state index in [0.29, 0.717) is 28.1 Å². The van der Waals surface area contributed by atoms with Crippen LogP contribution in [0.15, 0.2) is 45.3 Å². The zero-order chi connectivity index (χ0) is 21.7. The van der Waals surface area contributed by atoms with Crippen molar-refractivity contribution in [2.75, 3.05) is 16.4 Å². The number of hydrogen-bond acceptors (Lipinski definition) is 8. The maximum Gasteiger partial charge on any atom is 0.235 e. The molecule has 0 aliphatic rings. The lowest BCUT2D eigenvalue weighted by Gasteiger charge is -2.12. The Bertz CT molecular complexity index is 1040. The number of benzene rings is 1. The van der Waals surface area contributed by atoms with E-state index in [-0.39, 0.29) is 11.8 Å². The van der Waals surface area contributed by atoms with E-state index in [1.165, 1.54) is 23.1 Å². The van der Waals surface area contributed by atoms with E-state index in [9.17, 15) is 9.59 Å². The third kappa shape index (κ3) is 6.07. The maximum atomic E-state index is 12.1. The first-order valence-electron chi connectivity index (χ1n) is 9.19. The molecule has 0 atom stereocenters. The molecule has 0 saturated heterocycles. The Morgan fingerprint density at radius 2 is 1.87 bits per heavy atom. The van der Waals surface area contributed by atoms with Crippen LogP contribution in [0.5, 0.6) is 0 Å². The van der Waals surface area contributed by atoms with Crippen molar-refractivity contribution in [3.8, 4) is 0 Å². The standard InChI is InChI=1S/C20H23N5O3S2/c1-20(2,3)14-9-22-17(28-14)11-29-18-10-23-19(30-18)25-16(27)8-15(26)24-13-7-5-4-6-12(13)21/h4-7,9-10H,8,11,21H2,1-3H3,(H,24,26)(H,23,25,27). The van der Waals surface area contributed by atoms with Crippen molar-refractivity contribution < 1.29 is 14.0 Å². The number of nitrogen functional groups attached to an aromatic ring is 1. The van der Waals surface area contributed by atoms with E-state index < -0.39 is 11.8 Å². The van der Waals surface area contributed by atoms with E-state index in [1.807, 2.05) is 0 Å². The number of amides is 2. The summed E-state index contributed by atoms with van der Waals surface area (Å²) in [6, 6.07) is 6.87. The normalized spacial score (nSPS) is 11.3. The molecule has 3 aromatic rings. The molecule has 10 heteroatoms. The molecule has 30 heavy (non-hydrogen) atoms. The highest BCUT2D eigenvalue weighted by Crippen LogP contribution is 2.31. The number of hydrogen-bond donors (Lipinski definition) is 3. The summed E-state index contributed by atoms with van der Waals surface area (Å²) in [6.45, 7) is 6.20. The van der Waals surface area contributed by atoms with Gasteiger partial charge in [0.25, 0.3) is 0 Å². The number of carbonyl (C=O) groups excluding carboxylic acids is 2. The van der Waals surface area contributed by atoms with E-state index in [0.717, 1.165) is 9.97 Å². The maximum absolute atomic E-state index is 12.1. The first-order valence-corrected chi connectivity index (χ1v) is 11.0. The van der Waals surface area contributed by atoms with Crippen LogP contribution in [0.4, 0.5) is 16.5 Å². The quantitative estimate of drug-likeness (QED) is 0.282. The van der Waals surface area contributed by atoms with Crippen molar-refractivity contribution in [1.29, 1.82) is 0 Å². The van der Waals surface area contributed by atoms with Crippen LogP contribution in [0.1, 0.15) is 38.8 Å². The second kappa shape index (κ2) is 9.31. The third-order valence-corrected chi connectivity index (χ3v) is 6.01. The molecule has 0 unspecified atom stereocenters. The summed E-state index contributed by atoms with van der Waals surface area (Å²) in [5.74, 6) is 1.14. The van der Waals surface area contributed by atoms with Crippen LogP contribution in [-0.2, 0) is 20.8 Å². The van der Waals surface area contributed by atoms with Crippen molar-refractivity contribution >= 4 is 51.4 Å². The molecule has 0 bridgehead atoms. The molecule has 0 fully saturated rings. The summed E-state index contributed by atoms with van der Waals surface area (Å²) >= 11 is 2.84. The average molecular weight is 446 g/mol. The SMILES string of the molecule is CC(C)(C)c1cnc(CSc2cnc(NC(=O)CC(=O)Nc3ccccc3N)s2)o1. The minimum atomic E-state index is -0.449. The van der Waals surface area contributed by atoms with Crippen LogP contribution < -0.4 is 16.4 Å². The fraction of sp³-hybridized carbons (Fsp3) is 0.300. The van der Waals surface area contributed by atoms with Gasteiger partial charge in [0.2, 0.25) is 17.7 Å². The second-order valence-corrected chi connectivity index (χ2v) is 9.81. The first kappa shape index (κ1) is 21.8. The highest BCUT2D eigenvalue weighted by molar-refractivity contribution is 8.00. The molecular weight excluding hydrogens is 422 g/mol. The van der Waals surface area contributed by atoms with Crippen molar-refractivity contribution in [3.05, 3.63) is 48.3 Å². The first-order chi connectivity index (χ1) is 14.2. The van der Waals surface area contributed by atoms with Crippen molar-refractivity contribution in [1.82, 2.24) is 9.97 Å². The summed E-state index contributed by atoms with van der Waals surface area (Å²) in [5.41, 5.74) is 6.61. The number of oxazole rings is 1. The van der Waals surface area contributed by atoms with Crippen molar-refractivity contribution in [2.24, 2.45) is 0 Å². The zero-order valence-electron chi connectivity index (χ0n) is 16.9. The van der Waals surface area contributed by atoms with Gasteiger partial charge in [-0.2, -0.15) is 0 Å². The van der Waals surface area contributed by atoms with E-state index in [4.69, 9.17) is 10.2 Å². The summed E-state index contributed by atoms with van der Waals surface area (Å²) in [4.78, 5) is 32.6. The van der Waals surface area contributed by atoms with E-state index >= 15 is 0 Å². The number of nitrogens with one attached hydrogen (secondary N) is 2. The molecule has 0 saturated carbocycles. The number of para-hydroxylation sites is 2. The third-order valence-electron chi connectivity index (χ3n) is 3.92. The number of rotatable bonds is 7. The van der Waals surface area contributed by atoms with Gasteiger partial charge in [-0.3, -0.25) is 9.59 Å². The molecule has 2 heterocycles.